The molecule has 0 unspecified atom stereocenters. The van der Waals surface area contributed by atoms with E-state index < -0.39 is 0 Å². The molecule has 0 aliphatic rings. The molecule has 1 aromatic heterocycles. The molecule has 0 aliphatic heterocycles. The lowest BCUT2D eigenvalue weighted by molar-refractivity contribution is -0.121. The fraction of sp³-hybridized carbons (Fsp3) is 0.133. The maximum Gasteiger partial charge on any atom is 0.267 e. The van der Waals surface area contributed by atoms with Crippen molar-refractivity contribution in [3.8, 4) is 23.6 Å². The molecule has 0 bridgehead atoms. The lowest BCUT2D eigenvalue weighted by atomic mass is 10.1. The zero-order valence-corrected chi connectivity index (χ0v) is 10.7. The lowest BCUT2D eigenvalue weighted by Gasteiger charge is -2.06. The summed E-state index contributed by atoms with van der Waals surface area (Å²) in [7, 11) is 0. The van der Waals surface area contributed by atoms with Crippen LogP contribution in [-0.4, -0.2) is 22.2 Å². The molecule has 1 aromatic carbocycles. The van der Waals surface area contributed by atoms with Crippen LogP contribution in [0.5, 0.6) is 0 Å². The molecular formula is C15H13N3O2. The molecule has 5 heteroatoms. The summed E-state index contributed by atoms with van der Waals surface area (Å²) in [5.74, 6) is 1.95. The van der Waals surface area contributed by atoms with Crippen LogP contribution >= 0.6 is 0 Å². The van der Waals surface area contributed by atoms with Crippen molar-refractivity contribution in [2.75, 3.05) is 6.54 Å². The predicted octanol–water partition coefficient (Wildman–Crippen LogP) is 0.660. The number of amides is 1. The van der Waals surface area contributed by atoms with Crippen LogP contribution < -0.4 is 10.9 Å². The van der Waals surface area contributed by atoms with Gasteiger partial charge in [0.1, 0.15) is 6.54 Å². The first-order chi connectivity index (χ1) is 9.70. The van der Waals surface area contributed by atoms with E-state index in [0.717, 1.165) is 10.2 Å². The summed E-state index contributed by atoms with van der Waals surface area (Å²) < 4.78 is 1.12. The average molecular weight is 267 g/mol. The Morgan fingerprint density at radius 3 is 2.70 bits per heavy atom. The molecule has 0 atom stereocenters. The third-order valence-electron chi connectivity index (χ3n) is 2.62. The molecule has 0 saturated heterocycles. The number of carbonyl (C=O) groups excluding carboxylic acids is 1. The summed E-state index contributed by atoms with van der Waals surface area (Å²) in [6, 6.07) is 12.5. The number of aromatic nitrogens is 2. The first-order valence-corrected chi connectivity index (χ1v) is 6.04. The summed E-state index contributed by atoms with van der Waals surface area (Å²) in [6.45, 7) is -0.0207. The molecule has 0 spiro atoms. The minimum atomic E-state index is -0.345. The Balaban J connectivity index is 2.24. The summed E-state index contributed by atoms with van der Waals surface area (Å²) >= 11 is 0. The van der Waals surface area contributed by atoms with Crippen molar-refractivity contribution >= 4 is 5.91 Å². The van der Waals surface area contributed by atoms with Crippen LogP contribution in [0.15, 0.2) is 47.3 Å². The van der Waals surface area contributed by atoms with Gasteiger partial charge in [-0.3, -0.25) is 9.59 Å². The van der Waals surface area contributed by atoms with Crippen LogP contribution in [0.3, 0.4) is 0 Å². The van der Waals surface area contributed by atoms with Crippen LogP contribution in [0, 0.1) is 12.3 Å². The van der Waals surface area contributed by atoms with Gasteiger partial charge in [0.15, 0.2) is 0 Å². The van der Waals surface area contributed by atoms with Gasteiger partial charge in [-0.25, -0.2) is 4.68 Å². The molecule has 20 heavy (non-hydrogen) atoms. The van der Waals surface area contributed by atoms with E-state index >= 15 is 0 Å². The molecule has 0 fully saturated rings. The normalized spacial score (nSPS) is 9.75. The Morgan fingerprint density at radius 2 is 2.00 bits per heavy atom. The molecule has 1 heterocycles. The minimum absolute atomic E-state index is 0.131. The van der Waals surface area contributed by atoms with Crippen molar-refractivity contribution in [1.29, 1.82) is 0 Å². The van der Waals surface area contributed by atoms with Crippen LogP contribution in [0.4, 0.5) is 0 Å². The highest BCUT2D eigenvalue weighted by atomic mass is 16.2. The number of benzene rings is 1. The second-order valence-corrected chi connectivity index (χ2v) is 4.06. The minimum Gasteiger partial charge on any atom is -0.344 e. The molecule has 0 radical (unpaired) electrons. The van der Waals surface area contributed by atoms with E-state index in [2.05, 4.69) is 16.3 Å². The Morgan fingerprint density at radius 1 is 1.25 bits per heavy atom. The van der Waals surface area contributed by atoms with Gasteiger partial charge >= 0.3 is 0 Å². The van der Waals surface area contributed by atoms with Crippen molar-refractivity contribution in [3.63, 3.8) is 0 Å². The summed E-state index contributed by atoms with van der Waals surface area (Å²) in [6.07, 6.45) is 5.05. The quantitative estimate of drug-likeness (QED) is 0.828. The molecule has 0 saturated carbocycles. The molecular weight excluding hydrogens is 254 g/mol. The van der Waals surface area contributed by atoms with E-state index in [4.69, 9.17) is 6.42 Å². The van der Waals surface area contributed by atoms with Crippen molar-refractivity contribution in [1.82, 2.24) is 15.1 Å². The number of hydrogen-bond acceptors (Lipinski definition) is 3. The van der Waals surface area contributed by atoms with Gasteiger partial charge in [-0.05, 0) is 6.07 Å². The number of hydrogen-bond donors (Lipinski definition) is 1. The van der Waals surface area contributed by atoms with Gasteiger partial charge in [-0.15, -0.1) is 6.42 Å². The second-order valence-electron chi connectivity index (χ2n) is 4.06. The maximum atomic E-state index is 11.7. The van der Waals surface area contributed by atoms with Crippen molar-refractivity contribution in [3.05, 3.63) is 52.8 Å². The van der Waals surface area contributed by atoms with Crippen LogP contribution in [-0.2, 0) is 11.3 Å². The number of terminal acetylenes is 1. The third-order valence-corrected chi connectivity index (χ3v) is 2.62. The van der Waals surface area contributed by atoms with E-state index in [0.29, 0.717) is 5.69 Å². The molecule has 1 amide bonds. The molecule has 2 aromatic rings. The standard InChI is InChI=1S/C15H13N3O2/c1-2-10-16-14(19)11-18-15(20)9-8-13(17-18)12-6-4-3-5-7-12/h1,3-9H,10-11H2,(H,16,19). The van der Waals surface area contributed by atoms with Crippen molar-refractivity contribution in [2.24, 2.45) is 0 Å². The van der Waals surface area contributed by atoms with Crippen molar-refractivity contribution in [2.45, 2.75) is 6.54 Å². The van der Waals surface area contributed by atoms with Gasteiger partial charge < -0.3 is 5.32 Å². The summed E-state index contributed by atoms with van der Waals surface area (Å²) in [5, 5.41) is 6.67. The lowest BCUT2D eigenvalue weighted by Crippen LogP contribution is -2.33. The van der Waals surface area contributed by atoms with E-state index in [1.807, 2.05) is 30.3 Å². The first-order valence-electron chi connectivity index (χ1n) is 6.04. The first kappa shape index (κ1) is 13.6. The smallest absolute Gasteiger partial charge is 0.267 e. The van der Waals surface area contributed by atoms with Gasteiger partial charge in [0, 0.05) is 11.6 Å². The summed E-state index contributed by atoms with van der Waals surface area (Å²) in [5.41, 5.74) is 1.18. The largest absolute Gasteiger partial charge is 0.344 e. The zero-order chi connectivity index (χ0) is 14.4. The molecule has 0 aliphatic carbocycles. The number of carbonyl (C=O) groups is 1. The highest BCUT2D eigenvalue weighted by molar-refractivity contribution is 5.75. The Bertz CT molecular complexity index is 699. The van der Waals surface area contributed by atoms with Gasteiger partial charge in [-0.1, -0.05) is 36.3 Å². The van der Waals surface area contributed by atoms with E-state index in [1.165, 1.54) is 6.07 Å². The fourth-order valence-corrected chi connectivity index (χ4v) is 1.67. The number of nitrogens with zero attached hydrogens (tertiary/aromatic N) is 2. The van der Waals surface area contributed by atoms with Gasteiger partial charge in [0.25, 0.3) is 5.56 Å². The molecule has 5 nitrogen and oxygen atoms in total. The Hall–Kier alpha value is -2.87. The van der Waals surface area contributed by atoms with Gasteiger partial charge in [0.05, 0.1) is 12.2 Å². The van der Waals surface area contributed by atoms with Crippen LogP contribution in [0.1, 0.15) is 0 Å². The van der Waals surface area contributed by atoms with Crippen LogP contribution in [0.25, 0.3) is 11.3 Å². The van der Waals surface area contributed by atoms with Gasteiger partial charge in [-0.2, -0.15) is 5.10 Å². The maximum absolute atomic E-state index is 11.7. The summed E-state index contributed by atoms with van der Waals surface area (Å²) in [4.78, 5) is 23.3. The Labute approximate surface area is 116 Å². The monoisotopic (exact) mass is 267 g/mol. The Kier molecular flexibility index (Phi) is 4.30. The number of nitrogens with one attached hydrogen (secondary N) is 1. The molecule has 2 rings (SSSR count). The topological polar surface area (TPSA) is 64.0 Å². The van der Waals surface area contributed by atoms with Gasteiger partial charge in [0.2, 0.25) is 5.91 Å². The predicted molar refractivity (Wildman–Crippen MR) is 75.8 cm³/mol. The SMILES string of the molecule is C#CCNC(=O)Cn1nc(-c2ccccc2)ccc1=O. The highest BCUT2D eigenvalue weighted by Gasteiger charge is 2.07. The van der Waals surface area contributed by atoms with Crippen molar-refractivity contribution < 1.29 is 4.79 Å². The number of rotatable bonds is 4. The molecule has 1 N–H and O–H groups in total. The third kappa shape index (κ3) is 3.33. The highest BCUT2D eigenvalue weighted by Crippen LogP contribution is 2.13. The van der Waals surface area contributed by atoms with E-state index in [9.17, 15) is 9.59 Å². The zero-order valence-electron chi connectivity index (χ0n) is 10.7. The average Bonchev–Trinajstić information content (AvgIpc) is 2.48. The fourth-order valence-electron chi connectivity index (χ4n) is 1.67. The van der Waals surface area contributed by atoms with E-state index in [1.54, 1.807) is 6.07 Å². The second kappa shape index (κ2) is 6.34. The molecule has 100 valence electrons. The van der Waals surface area contributed by atoms with Crippen LogP contribution in [0.2, 0.25) is 0 Å². The van der Waals surface area contributed by atoms with E-state index in [-0.39, 0.29) is 24.6 Å².